The maximum Gasteiger partial charge on any atom is 0.241 e. The summed E-state index contributed by atoms with van der Waals surface area (Å²) in [5.41, 5.74) is 0.325. The second kappa shape index (κ2) is 5.97. The smallest absolute Gasteiger partial charge is 0.241 e. The van der Waals surface area contributed by atoms with Crippen LogP contribution in [-0.4, -0.2) is 33.2 Å². The summed E-state index contributed by atoms with van der Waals surface area (Å²) in [6.07, 6.45) is 0. The van der Waals surface area contributed by atoms with Crippen LogP contribution in [0.2, 0.25) is 0 Å². The van der Waals surface area contributed by atoms with Crippen molar-refractivity contribution in [2.45, 2.75) is 24.8 Å². The van der Waals surface area contributed by atoms with E-state index in [0.717, 1.165) is 0 Å². The van der Waals surface area contributed by atoms with Crippen molar-refractivity contribution in [2.75, 3.05) is 18.1 Å². The van der Waals surface area contributed by atoms with Gasteiger partial charge in [-0.15, -0.1) is 0 Å². The number of para-hydroxylation sites is 1. The Labute approximate surface area is 108 Å². The highest BCUT2D eigenvalue weighted by molar-refractivity contribution is 7.91. The number of carbonyl (C=O) groups excluding carboxylic acids is 1. The minimum absolute atomic E-state index is 0.00145. The molecule has 0 aliphatic carbocycles. The van der Waals surface area contributed by atoms with Gasteiger partial charge in [-0.3, -0.25) is 4.79 Å². The molecule has 0 aliphatic rings. The summed E-state index contributed by atoms with van der Waals surface area (Å²) in [4.78, 5) is 11.9. The molecule has 0 heterocycles. The Hall–Kier alpha value is -1.40. The normalized spacial score (nSPS) is 13.1. The molecule has 1 unspecified atom stereocenters. The van der Waals surface area contributed by atoms with Gasteiger partial charge in [0.05, 0.1) is 22.4 Å². The predicted octanol–water partition coefficient (Wildman–Crippen LogP) is 1.03. The first-order valence-corrected chi connectivity index (χ1v) is 7.37. The maximum atomic E-state index is 11.9. The summed E-state index contributed by atoms with van der Waals surface area (Å²) in [7, 11) is -1.68. The van der Waals surface area contributed by atoms with E-state index in [1.54, 1.807) is 39.1 Å². The summed E-state index contributed by atoms with van der Waals surface area (Å²) < 4.78 is 23.8. The third kappa shape index (κ3) is 3.30. The molecule has 5 nitrogen and oxygen atoms in total. The van der Waals surface area contributed by atoms with Gasteiger partial charge < -0.3 is 10.6 Å². The highest BCUT2D eigenvalue weighted by atomic mass is 32.2. The molecule has 2 N–H and O–H groups in total. The number of rotatable bonds is 5. The van der Waals surface area contributed by atoms with E-state index in [1.165, 1.54) is 6.07 Å². The van der Waals surface area contributed by atoms with Gasteiger partial charge in [0.25, 0.3) is 0 Å². The SMILES string of the molecule is CCS(=O)(=O)c1ccccc1NC(=O)C(C)NC. The number of carbonyl (C=O) groups is 1. The van der Waals surface area contributed by atoms with Gasteiger partial charge in [0, 0.05) is 0 Å². The molecular weight excluding hydrogens is 252 g/mol. The van der Waals surface area contributed by atoms with Gasteiger partial charge in [0.1, 0.15) is 0 Å². The van der Waals surface area contributed by atoms with E-state index in [-0.39, 0.29) is 22.6 Å². The number of sulfone groups is 1. The van der Waals surface area contributed by atoms with Crippen molar-refractivity contribution in [3.8, 4) is 0 Å². The Balaban J connectivity index is 3.08. The van der Waals surface area contributed by atoms with Crippen LogP contribution in [0.15, 0.2) is 29.2 Å². The lowest BCUT2D eigenvalue weighted by molar-refractivity contribution is -0.117. The summed E-state index contributed by atoms with van der Waals surface area (Å²) in [6.45, 7) is 3.27. The summed E-state index contributed by atoms with van der Waals surface area (Å²) >= 11 is 0. The van der Waals surface area contributed by atoms with E-state index < -0.39 is 9.84 Å². The van der Waals surface area contributed by atoms with Crippen LogP contribution >= 0.6 is 0 Å². The van der Waals surface area contributed by atoms with Gasteiger partial charge in [-0.2, -0.15) is 0 Å². The molecule has 0 aliphatic heterocycles. The fourth-order valence-electron chi connectivity index (χ4n) is 1.37. The van der Waals surface area contributed by atoms with Crippen molar-refractivity contribution >= 4 is 21.4 Å². The molecule has 1 rings (SSSR count). The van der Waals surface area contributed by atoms with Gasteiger partial charge in [-0.25, -0.2) is 8.42 Å². The molecule has 6 heteroatoms. The molecule has 0 aromatic heterocycles. The third-order valence-corrected chi connectivity index (χ3v) is 4.47. The van der Waals surface area contributed by atoms with Gasteiger partial charge in [0.15, 0.2) is 9.84 Å². The van der Waals surface area contributed by atoms with Crippen LogP contribution in [0.3, 0.4) is 0 Å². The number of likely N-dealkylation sites (N-methyl/N-ethyl adjacent to an activating group) is 1. The predicted molar refractivity (Wildman–Crippen MR) is 71.3 cm³/mol. The zero-order chi connectivity index (χ0) is 13.8. The Bertz CT molecular complexity index is 526. The van der Waals surface area contributed by atoms with Crippen molar-refractivity contribution in [3.63, 3.8) is 0 Å². The number of anilines is 1. The van der Waals surface area contributed by atoms with Gasteiger partial charge in [-0.05, 0) is 26.1 Å². The first-order valence-electron chi connectivity index (χ1n) is 5.72. The van der Waals surface area contributed by atoms with Gasteiger partial charge in [-0.1, -0.05) is 19.1 Å². The van der Waals surface area contributed by atoms with Crippen molar-refractivity contribution in [1.29, 1.82) is 0 Å². The molecule has 1 atom stereocenters. The zero-order valence-corrected chi connectivity index (χ0v) is 11.5. The van der Waals surface area contributed by atoms with E-state index >= 15 is 0 Å². The average Bonchev–Trinajstić information content (AvgIpc) is 2.38. The highest BCUT2D eigenvalue weighted by Crippen LogP contribution is 2.22. The van der Waals surface area contributed by atoms with Crippen molar-refractivity contribution in [1.82, 2.24) is 5.32 Å². The molecule has 1 aromatic rings. The zero-order valence-electron chi connectivity index (χ0n) is 10.7. The quantitative estimate of drug-likeness (QED) is 0.838. The Kier molecular flexibility index (Phi) is 4.86. The molecule has 18 heavy (non-hydrogen) atoms. The molecule has 0 radical (unpaired) electrons. The number of benzene rings is 1. The van der Waals surface area contributed by atoms with Crippen LogP contribution < -0.4 is 10.6 Å². The standard InChI is InChI=1S/C12H18N2O3S/c1-4-18(16,17)11-8-6-5-7-10(11)14-12(15)9(2)13-3/h5-9,13H,4H2,1-3H3,(H,14,15). The summed E-state index contributed by atoms with van der Waals surface area (Å²) in [5.74, 6) is -0.266. The molecule has 1 aromatic carbocycles. The van der Waals surface area contributed by atoms with Crippen molar-refractivity contribution in [3.05, 3.63) is 24.3 Å². The molecule has 1 amide bonds. The van der Waals surface area contributed by atoms with Crippen molar-refractivity contribution < 1.29 is 13.2 Å². The van der Waals surface area contributed by atoms with Crippen LogP contribution in [0, 0.1) is 0 Å². The largest absolute Gasteiger partial charge is 0.324 e. The monoisotopic (exact) mass is 270 g/mol. The minimum Gasteiger partial charge on any atom is -0.324 e. The fourth-order valence-corrected chi connectivity index (χ4v) is 2.42. The first-order chi connectivity index (χ1) is 8.42. The third-order valence-electron chi connectivity index (χ3n) is 2.69. The second-order valence-electron chi connectivity index (χ2n) is 3.90. The van der Waals surface area contributed by atoms with E-state index in [0.29, 0.717) is 5.69 Å². The Morgan fingerprint density at radius 2 is 1.94 bits per heavy atom. The lowest BCUT2D eigenvalue weighted by atomic mass is 10.2. The van der Waals surface area contributed by atoms with Crippen LogP contribution in [0.1, 0.15) is 13.8 Å². The van der Waals surface area contributed by atoms with Crippen LogP contribution in [-0.2, 0) is 14.6 Å². The van der Waals surface area contributed by atoms with E-state index in [9.17, 15) is 13.2 Å². The molecular formula is C12H18N2O3S. The van der Waals surface area contributed by atoms with Crippen LogP contribution in [0.5, 0.6) is 0 Å². The van der Waals surface area contributed by atoms with E-state index in [2.05, 4.69) is 10.6 Å². The van der Waals surface area contributed by atoms with E-state index in [1.807, 2.05) is 0 Å². The number of hydrogen-bond donors (Lipinski definition) is 2. The number of hydrogen-bond acceptors (Lipinski definition) is 4. The van der Waals surface area contributed by atoms with Crippen LogP contribution in [0.4, 0.5) is 5.69 Å². The fraction of sp³-hybridized carbons (Fsp3) is 0.417. The molecule has 0 spiro atoms. The lowest BCUT2D eigenvalue weighted by Gasteiger charge is -2.14. The Morgan fingerprint density at radius 1 is 1.33 bits per heavy atom. The molecule has 100 valence electrons. The summed E-state index contributed by atoms with van der Waals surface area (Å²) in [6, 6.07) is 6.03. The Morgan fingerprint density at radius 3 is 2.50 bits per heavy atom. The lowest BCUT2D eigenvalue weighted by Crippen LogP contribution is -2.35. The first kappa shape index (κ1) is 14.7. The number of amides is 1. The van der Waals surface area contributed by atoms with E-state index in [4.69, 9.17) is 0 Å². The molecule has 0 saturated heterocycles. The average molecular weight is 270 g/mol. The minimum atomic E-state index is -3.34. The maximum absolute atomic E-state index is 11.9. The van der Waals surface area contributed by atoms with Gasteiger partial charge in [0.2, 0.25) is 5.91 Å². The summed E-state index contributed by atoms with van der Waals surface area (Å²) in [5, 5.41) is 5.42. The topological polar surface area (TPSA) is 75.3 Å². The van der Waals surface area contributed by atoms with Crippen molar-refractivity contribution in [2.24, 2.45) is 0 Å². The number of nitrogens with one attached hydrogen (secondary N) is 2. The molecule has 0 bridgehead atoms. The highest BCUT2D eigenvalue weighted by Gasteiger charge is 2.18. The van der Waals surface area contributed by atoms with Crippen LogP contribution in [0.25, 0.3) is 0 Å². The molecule has 0 saturated carbocycles. The molecule has 0 fully saturated rings. The second-order valence-corrected chi connectivity index (χ2v) is 6.15. The van der Waals surface area contributed by atoms with Gasteiger partial charge >= 0.3 is 0 Å².